The quantitative estimate of drug-likeness (QED) is 0.708. The van der Waals surface area contributed by atoms with Crippen LogP contribution in [-0.4, -0.2) is 24.3 Å². The van der Waals surface area contributed by atoms with Gasteiger partial charge in [0.15, 0.2) is 0 Å². The zero-order valence-electron chi connectivity index (χ0n) is 14.9. The third-order valence-electron chi connectivity index (χ3n) is 4.36. The fourth-order valence-corrected chi connectivity index (χ4v) is 2.81. The molecule has 3 N–H and O–H groups in total. The SMILES string of the molecule is CC(C)C(=O)Nc1cccc(CNC(=O)CNC(=O)C2CCCC2)c1. The van der Waals surface area contributed by atoms with Gasteiger partial charge in [0, 0.05) is 24.1 Å². The molecule has 25 heavy (non-hydrogen) atoms. The van der Waals surface area contributed by atoms with E-state index < -0.39 is 0 Å². The van der Waals surface area contributed by atoms with Gasteiger partial charge in [0.05, 0.1) is 6.54 Å². The molecule has 136 valence electrons. The Morgan fingerprint density at radius 3 is 2.52 bits per heavy atom. The van der Waals surface area contributed by atoms with Crippen LogP contribution >= 0.6 is 0 Å². The number of carbonyl (C=O) groups is 3. The van der Waals surface area contributed by atoms with Crippen LogP contribution in [0.3, 0.4) is 0 Å². The summed E-state index contributed by atoms with van der Waals surface area (Å²) >= 11 is 0. The van der Waals surface area contributed by atoms with Crippen molar-refractivity contribution < 1.29 is 14.4 Å². The Hall–Kier alpha value is -2.37. The summed E-state index contributed by atoms with van der Waals surface area (Å²) in [5, 5.41) is 8.32. The highest BCUT2D eigenvalue weighted by Crippen LogP contribution is 2.24. The first-order valence-corrected chi connectivity index (χ1v) is 8.90. The first-order valence-electron chi connectivity index (χ1n) is 8.90. The lowest BCUT2D eigenvalue weighted by Crippen LogP contribution is -2.38. The van der Waals surface area contributed by atoms with Crippen LogP contribution < -0.4 is 16.0 Å². The van der Waals surface area contributed by atoms with Gasteiger partial charge < -0.3 is 16.0 Å². The van der Waals surface area contributed by atoms with E-state index in [0.29, 0.717) is 12.2 Å². The number of nitrogens with one attached hydrogen (secondary N) is 3. The Balaban J connectivity index is 1.75. The summed E-state index contributed by atoms with van der Waals surface area (Å²) in [7, 11) is 0. The predicted octanol–water partition coefficient (Wildman–Crippen LogP) is 2.20. The van der Waals surface area contributed by atoms with Crippen LogP contribution in [0.5, 0.6) is 0 Å². The predicted molar refractivity (Wildman–Crippen MR) is 96.7 cm³/mol. The summed E-state index contributed by atoms with van der Waals surface area (Å²) in [5.41, 5.74) is 1.59. The number of rotatable bonds is 7. The molecule has 0 unspecified atom stereocenters. The maximum atomic E-state index is 11.9. The van der Waals surface area contributed by atoms with Crippen LogP contribution in [0.1, 0.15) is 45.1 Å². The molecule has 0 aliphatic heterocycles. The van der Waals surface area contributed by atoms with Crippen molar-refractivity contribution >= 4 is 23.4 Å². The molecule has 0 atom stereocenters. The van der Waals surface area contributed by atoms with E-state index in [1.54, 1.807) is 0 Å². The molecule has 0 bridgehead atoms. The topological polar surface area (TPSA) is 87.3 Å². The molecular formula is C19H27N3O3. The summed E-state index contributed by atoms with van der Waals surface area (Å²) in [4.78, 5) is 35.5. The van der Waals surface area contributed by atoms with Crippen LogP contribution in [0.2, 0.25) is 0 Å². The average Bonchev–Trinajstić information content (AvgIpc) is 3.12. The van der Waals surface area contributed by atoms with Crippen molar-refractivity contribution in [3.8, 4) is 0 Å². The lowest BCUT2D eigenvalue weighted by atomic mass is 10.1. The Bertz CT molecular complexity index is 622. The number of hydrogen-bond acceptors (Lipinski definition) is 3. The molecule has 0 aromatic heterocycles. The molecule has 2 rings (SSSR count). The minimum atomic E-state index is -0.219. The number of benzene rings is 1. The molecule has 1 aliphatic carbocycles. The highest BCUT2D eigenvalue weighted by atomic mass is 16.2. The Labute approximate surface area is 148 Å². The van der Waals surface area contributed by atoms with E-state index in [-0.39, 0.29) is 36.1 Å². The molecule has 3 amide bonds. The van der Waals surface area contributed by atoms with Gasteiger partial charge in [-0.15, -0.1) is 0 Å². The molecule has 1 fully saturated rings. The van der Waals surface area contributed by atoms with Crippen molar-refractivity contribution in [3.05, 3.63) is 29.8 Å². The first kappa shape index (κ1) is 19.0. The van der Waals surface area contributed by atoms with Gasteiger partial charge in [0.25, 0.3) is 0 Å². The Morgan fingerprint density at radius 2 is 1.84 bits per heavy atom. The maximum absolute atomic E-state index is 11.9. The summed E-state index contributed by atoms with van der Waals surface area (Å²) in [6, 6.07) is 7.35. The van der Waals surface area contributed by atoms with E-state index in [4.69, 9.17) is 0 Å². The van der Waals surface area contributed by atoms with Crippen molar-refractivity contribution in [2.75, 3.05) is 11.9 Å². The number of carbonyl (C=O) groups excluding carboxylic acids is 3. The van der Waals surface area contributed by atoms with Gasteiger partial charge in [0.2, 0.25) is 17.7 Å². The molecule has 6 nitrogen and oxygen atoms in total. The molecule has 0 heterocycles. The van der Waals surface area contributed by atoms with Gasteiger partial charge in [-0.3, -0.25) is 14.4 Å². The monoisotopic (exact) mass is 345 g/mol. The molecule has 0 radical (unpaired) electrons. The van der Waals surface area contributed by atoms with Gasteiger partial charge in [-0.2, -0.15) is 0 Å². The number of hydrogen-bond donors (Lipinski definition) is 3. The van der Waals surface area contributed by atoms with Gasteiger partial charge in [-0.05, 0) is 30.5 Å². The standard InChI is InChI=1S/C19H27N3O3/c1-13(2)18(24)22-16-9-5-6-14(10-16)11-20-17(23)12-21-19(25)15-7-3-4-8-15/h5-6,9-10,13,15H,3-4,7-8,11-12H2,1-2H3,(H,20,23)(H,21,25)(H,22,24). The van der Waals surface area contributed by atoms with Crippen molar-refractivity contribution in [2.24, 2.45) is 11.8 Å². The second-order valence-corrected chi connectivity index (χ2v) is 6.82. The summed E-state index contributed by atoms with van der Waals surface area (Å²) < 4.78 is 0. The summed E-state index contributed by atoms with van der Waals surface area (Å²) in [5.74, 6) is -0.314. The smallest absolute Gasteiger partial charge is 0.239 e. The van der Waals surface area contributed by atoms with Crippen molar-refractivity contribution in [3.63, 3.8) is 0 Å². The van der Waals surface area contributed by atoms with Crippen LogP contribution in [0.15, 0.2) is 24.3 Å². The van der Waals surface area contributed by atoms with Gasteiger partial charge in [0.1, 0.15) is 0 Å². The van der Waals surface area contributed by atoms with Crippen LogP contribution in [-0.2, 0) is 20.9 Å². The third kappa shape index (κ3) is 6.21. The average molecular weight is 345 g/mol. The largest absolute Gasteiger partial charge is 0.350 e. The van der Waals surface area contributed by atoms with E-state index >= 15 is 0 Å². The van der Waals surface area contributed by atoms with Crippen LogP contribution in [0.4, 0.5) is 5.69 Å². The first-order chi connectivity index (χ1) is 12.0. The second-order valence-electron chi connectivity index (χ2n) is 6.82. The van der Waals surface area contributed by atoms with Crippen molar-refractivity contribution in [1.29, 1.82) is 0 Å². The highest BCUT2D eigenvalue weighted by Gasteiger charge is 2.22. The normalized spacial score (nSPS) is 14.4. The lowest BCUT2D eigenvalue weighted by molar-refractivity contribution is -0.128. The summed E-state index contributed by atoms with van der Waals surface area (Å²) in [6.07, 6.45) is 4.02. The number of amides is 3. The highest BCUT2D eigenvalue weighted by molar-refractivity contribution is 5.92. The lowest BCUT2D eigenvalue weighted by Gasteiger charge is -2.12. The van der Waals surface area contributed by atoms with E-state index in [0.717, 1.165) is 31.2 Å². The molecular weight excluding hydrogens is 318 g/mol. The van der Waals surface area contributed by atoms with E-state index in [9.17, 15) is 14.4 Å². The minimum absolute atomic E-state index is 0.000884. The zero-order valence-corrected chi connectivity index (χ0v) is 14.9. The third-order valence-corrected chi connectivity index (χ3v) is 4.36. The van der Waals surface area contributed by atoms with Gasteiger partial charge in [-0.1, -0.05) is 38.8 Å². The van der Waals surface area contributed by atoms with E-state index in [1.807, 2.05) is 38.1 Å². The van der Waals surface area contributed by atoms with Gasteiger partial charge in [-0.25, -0.2) is 0 Å². The molecule has 0 spiro atoms. The molecule has 1 aliphatic rings. The second kappa shape index (κ2) is 9.20. The molecule has 1 saturated carbocycles. The Morgan fingerprint density at radius 1 is 1.12 bits per heavy atom. The molecule has 1 aromatic rings. The molecule has 6 heteroatoms. The van der Waals surface area contributed by atoms with Gasteiger partial charge >= 0.3 is 0 Å². The Kier molecular flexibility index (Phi) is 6.98. The van der Waals surface area contributed by atoms with Crippen LogP contribution in [0, 0.1) is 11.8 Å². The zero-order chi connectivity index (χ0) is 18.2. The minimum Gasteiger partial charge on any atom is -0.350 e. The van der Waals surface area contributed by atoms with Crippen molar-refractivity contribution in [1.82, 2.24) is 10.6 Å². The fraction of sp³-hybridized carbons (Fsp3) is 0.526. The maximum Gasteiger partial charge on any atom is 0.239 e. The van der Waals surface area contributed by atoms with E-state index in [1.165, 1.54) is 0 Å². The van der Waals surface area contributed by atoms with E-state index in [2.05, 4.69) is 16.0 Å². The summed E-state index contributed by atoms with van der Waals surface area (Å²) in [6.45, 7) is 4.02. The molecule has 1 aromatic carbocycles. The van der Waals surface area contributed by atoms with Crippen molar-refractivity contribution in [2.45, 2.75) is 46.1 Å². The number of anilines is 1. The van der Waals surface area contributed by atoms with Crippen LogP contribution in [0.25, 0.3) is 0 Å². The fourth-order valence-electron chi connectivity index (χ4n) is 2.81. The molecule has 0 saturated heterocycles.